The van der Waals surface area contributed by atoms with E-state index >= 15 is 0 Å². The van der Waals surface area contributed by atoms with Crippen LogP contribution in [-0.2, 0) is 11.3 Å². The van der Waals surface area contributed by atoms with Crippen molar-refractivity contribution in [2.24, 2.45) is 0 Å². The van der Waals surface area contributed by atoms with E-state index in [9.17, 15) is 4.79 Å². The van der Waals surface area contributed by atoms with Gasteiger partial charge in [0.1, 0.15) is 0 Å². The van der Waals surface area contributed by atoms with Crippen molar-refractivity contribution in [2.45, 2.75) is 25.3 Å². The Kier molecular flexibility index (Phi) is 4.85. The van der Waals surface area contributed by atoms with Crippen LogP contribution >= 0.6 is 11.8 Å². The minimum Gasteiger partial charge on any atom is -0.481 e. The van der Waals surface area contributed by atoms with Crippen molar-refractivity contribution in [3.05, 3.63) is 47.5 Å². The summed E-state index contributed by atoms with van der Waals surface area (Å²) in [5.74, 6) is -0.481. The number of aliphatic carboxylic acids is 1. The van der Waals surface area contributed by atoms with Crippen LogP contribution in [-0.4, -0.2) is 33.2 Å². The van der Waals surface area contributed by atoms with Gasteiger partial charge in [-0.3, -0.25) is 15.6 Å². The number of carbonyl (C=O) groups is 1. The Morgan fingerprint density at radius 3 is 2.58 bits per heavy atom. The van der Waals surface area contributed by atoms with Crippen LogP contribution < -0.4 is 0 Å². The van der Waals surface area contributed by atoms with Crippen molar-refractivity contribution in [2.75, 3.05) is 5.75 Å². The number of fused-ring (bicyclic) bond motifs is 1. The highest BCUT2D eigenvalue weighted by molar-refractivity contribution is 8.14. The Morgan fingerprint density at radius 1 is 1.25 bits per heavy atom. The zero-order valence-electron chi connectivity index (χ0n) is 13.2. The lowest BCUT2D eigenvalue weighted by Gasteiger charge is -2.20. The molecule has 1 aliphatic carbocycles. The number of carboxylic acid groups (broad SMARTS) is 1. The first-order chi connectivity index (χ1) is 11.6. The Labute approximate surface area is 144 Å². The largest absolute Gasteiger partial charge is 0.481 e. The molecule has 0 spiro atoms. The van der Waals surface area contributed by atoms with Gasteiger partial charge >= 0.3 is 5.97 Å². The molecule has 1 aliphatic rings. The Hall–Kier alpha value is -2.34. The predicted molar refractivity (Wildman–Crippen MR) is 98.1 cm³/mol. The molecule has 0 saturated heterocycles. The van der Waals surface area contributed by atoms with Gasteiger partial charge in [0.05, 0.1) is 18.6 Å². The van der Waals surface area contributed by atoms with Gasteiger partial charge in [-0.25, -0.2) is 0 Å². The van der Waals surface area contributed by atoms with E-state index in [2.05, 4.69) is 24.3 Å². The number of thioether (sulfide) groups is 1. The molecular formula is C18H19N3O2S. The molecule has 0 heterocycles. The number of rotatable bonds is 6. The zero-order chi connectivity index (χ0) is 17.1. The summed E-state index contributed by atoms with van der Waals surface area (Å²) in [6, 6.07) is 12.5. The van der Waals surface area contributed by atoms with Gasteiger partial charge in [0.25, 0.3) is 0 Å². The quantitative estimate of drug-likeness (QED) is 0.549. The molecule has 6 heteroatoms. The van der Waals surface area contributed by atoms with Crippen molar-refractivity contribution in [3.8, 4) is 0 Å². The number of hydrogen-bond acceptors (Lipinski definition) is 4. The zero-order valence-corrected chi connectivity index (χ0v) is 14.0. The van der Waals surface area contributed by atoms with E-state index in [0.29, 0.717) is 12.5 Å². The molecule has 2 aromatic rings. The van der Waals surface area contributed by atoms with Crippen LogP contribution in [0.1, 0.15) is 29.9 Å². The van der Waals surface area contributed by atoms with Gasteiger partial charge in [-0.15, -0.1) is 0 Å². The van der Waals surface area contributed by atoms with Gasteiger partial charge in [0, 0.05) is 0 Å². The average molecular weight is 341 g/mol. The fourth-order valence-electron chi connectivity index (χ4n) is 2.85. The lowest BCUT2D eigenvalue weighted by atomic mass is 9.97. The highest BCUT2D eigenvalue weighted by atomic mass is 32.2. The van der Waals surface area contributed by atoms with E-state index in [-0.39, 0.29) is 10.9 Å². The number of carboxylic acids is 1. The minimum absolute atomic E-state index is 0.0720. The number of amidine groups is 1. The molecule has 0 amide bonds. The fraction of sp³-hybridized carbons (Fsp3) is 0.278. The summed E-state index contributed by atoms with van der Waals surface area (Å²) in [4.78, 5) is 12.1. The normalized spacial score (nSPS) is 13.7. The van der Waals surface area contributed by atoms with Gasteiger partial charge in [-0.2, -0.15) is 0 Å². The number of benzene rings is 2. The van der Waals surface area contributed by atoms with Crippen LogP contribution in [0.5, 0.6) is 0 Å². The first-order valence-electron chi connectivity index (χ1n) is 7.81. The van der Waals surface area contributed by atoms with Crippen molar-refractivity contribution < 1.29 is 9.90 Å². The van der Waals surface area contributed by atoms with Gasteiger partial charge in [-0.1, -0.05) is 48.2 Å². The number of hydrogen-bond donors (Lipinski definition) is 3. The van der Waals surface area contributed by atoms with E-state index in [0.717, 1.165) is 29.1 Å². The standard InChI is InChI=1S/C18H19N3O2S/c19-11-21(18(20)24-10-17(22)23)9-13-7-8-15(12-5-6-12)16-4-2-1-3-14(13)16/h1-4,7-8,11-12,19-20H,5-6,9-10H2,(H,22,23). The molecule has 1 fully saturated rings. The molecule has 3 N–H and O–H groups in total. The minimum atomic E-state index is -0.964. The van der Waals surface area contributed by atoms with E-state index in [1.165, 1.54) is 28.7 Å². The third-order valence-corrected chi connectivity index (χ3v) is 5.05. The molecule has 3 rings (SSSR count). The van der Waals surface area contributed by atoms with Gasteiger partial charge < -0.3 is 10.0 Å². The van der Waals surface area contributed by atoms with Gasteiger partial charge in [0.2, 0.25) is 0 Å². The number of nitrogens with one attached hydrogen (secondary N) is 2. The lowest BCUT2D eigenvalue weighted by molar-refractivity contribution is -0.133. The molecule has 0 radical (unpaired) electrons. The van der Waals surface area contributed by atoms with Crippen LogP contribution in [0.2, 0.25) is 0 Å². The van der Waals surface area contributed by atoms with E-state index in [1.54, 1.807) is 0 Å². The van der Waals surface area contributed by atoms with Gasteiger partial charge in [-0.05, 0) is 40.7 Å². The second-order valence-corrected chi connectivity index (χ2v) is 6.84. The molecule has 124 valence electrons. The maximum atomic E-state index is 10.7. The summed E-state index contributed by atoms with van der Waals surface area (Å²) in [6.07, 6.45) is 3.57. The third kappa shape index (κ3) is 3.59. The molecule has 2 aromatic carbocycles. The lowest BCUT2D eigenvalue weighted by Crippen LogP contribution is -2.26. The highest BCUT2D eigenvalue weighted by Gasteiger charge is 2.25. The van der Waals surface area contributed by atoms with Crippen LogP contribution in [0.25, 0.3) is 10.8 Å². The molecule has 5 nitrogen and oxygen atoms in total. The van der Waals surface area contributed by atoms with Crippen molar-refractivity contribution >= 4 is 40.0 Å². The summed E-state index contributed by atoms with van der Waals surface area (Å²) >= 11 is 0.918. The third-order valence-electron chi connectivity index (χ3n) is 4.16. The average Bonchev–Trinajstić information content (AvgIpc) is 3.42. The summed E-state index contributed by atoms with van der Waals surface area (Å²) < 4.78 is 0. The van der Waals surface area contributed by atoms with Gasteiger partial charge in [0.15, 0.2) is 5.17 Å². The van der Waals surface area contributed by atoms with E-state index in [1.807, 2.05) is 12.1 Å². The Morgan fingerprint density at radius 2 is 1.96 bits per heavy atom. The van der Waals surface area contributed by atoms with Crippen LogP contribution in [0.4, 0.5) is 0 Å². The molecule has 0 aliphatic heterocycles. The fourth-order valence-corrected chi connectivity index (χ4v) is 3.39. The molecular weight excluding hydrogens is 322 g/mol. The van der Waals surface area contributed by atoms with E-state index < -0.39 is 5.97 Å². The Bertz CT molecular complexity index is 802. The van der Waals surface area contributed by atoms with Crippen molar-refractivity contribution in [1.82, 2.24) is 4.90 Å². The Balaban J connectivity index is 1.86. The van der Waals surface area contributed by atoms with E-state index in [4.69, 9.17) is 15.9 Å². The molecule has 0 bridgehead atoms. The topological polar surface area (TPSA) is 88.2 Å². The first-order valence-corrected chi connectivity index (χ1v) is 8.79. The number of nitrogens with zero attached hydrogens (tertiary/aromatic N) is 1. The summed E-state index contributed by atoms with van der Waals surface area (Å²) in [6.45, 7) is 0.389. The molecule has 0 atom stereocenters. The summed E-state index contributed by atoms with van der Waals surface area (Å²) in [7, 11) is 0. The molecule has 1 saturated carbocycles. The molecule has 0 aromatic heterocycles. The van der Waals surface area contributed by atoms with Crippen molar-refractivity contribution in [3.63, 3.8) is 0 Å². The smallest absolute Gasteiger partial charge is 0.313 e. The highest BCUT2D eigenvalue weighted by Crippen LogP contribution is 2.43. The predicted octanol–water partition coefficient (Wildman–Crippen LogP) is 3.88. The first kappa shape index (κ1) is 16.5. The summed E-state index contributed by atoms with van der Waals surface area (Å²) in [5, 5.41) is 26.7. The second-order valence-electron chi connectivity index (χ2n) is 5.88. The SMILES string of the molecule is N=CN(Cc1ccc(C2CC2)c2ccccc12)C(=N)SCC(=O)O. The summed E-state index contributed by atoms with van der Waals surface area (Å²) in [5.41, 5.74) is 2.42. The van der Waals surface area contributed by atoms with Crippen LogP contribution in [0.15, 0.2) is 36.4 Å². The maximum Gasteiger partial charge on any atom is 0.313 e. The maximum absolute atomic E-state index is 10.7. The van der Waals surface area contributed by atoms with Crippen molar-refractivity contribution in [1.29, 1.82) is 10.8 Å². The monoisotopic (exact) mass is 341 g/mol. The molecule has 0 unspecified atom stereocenters. The van der Waals surface area contributed by atoms with Crippen LogP contribution in [0.3, 0.4) is 0 Å². The molecule has 24 heavy (non-hydrogen) atoms. The van der Waals surface area contributed by atoms with Crippen LogP contribution in [0, 0.1) is 10.8 Å². The second kappa shape index (κ2) is 7.05.